The topological polar surface area (TPSA) is 97.7 Å². The Bertz CT molecular complexity index is 1160. The molecule has 2 aromatic heterocycles. The third-order valence-electron chi connectivity index (χ3n) is 5.25. The maximum atomic E-state index is 15.1. The summed E-state index contributed by atoms with van der Waals surface area (Å²) in [7, 11) is 1.56. The van der Waals surface area contributed by atoms with Gasteiger partial charge in [0.15, 0.2) is 16.8 Å². The molecule has 0 aliphatic carbocycles. The molecule has 0 saturated heterocycles. The number of aromatic nitrogens is 3. The van der Waals surface area contributed by atoms with Gasteiger partial charge in [0.2, 0.25) is 6.41 Å². The van der Waals surface area contributed by atoms with Crippen LogP contribution in [-0.2, 0) is 4.79 Å². The molecule has 0 spiro atoms. The number of aliphatic hydroxyl groups excluding tert-OH is 1. The number of hydrazone groups is 1. The zero-order chi connectivity index (χ0) is 23.6. The molecule has 0 aliphatic rings. The lowest BCUT2D eigenvalue weighted by Gasteiger charge is -2.21. The number of H-pyrrole nitrogens is 1. The zero-order valence-corrected chi connectivity index (χ0v) is 19.4. The standard InChI is InChI=1S/C22H26ClFN6O2/c1-6-30(11-32)20(10-31)28-29(5)19-8-15-14(12(2)3)7-18(25-17(15)9-16(19)24)21-13(4)26-27-22(21)23/h7-9,11-12,31H,6,10H2,1-5H3,(H,26,27)/b28-20-. The van der Waals surface area contributed by atoms with Crippen LogP contribution in [0.2, 0.25) is 5.15 Å². The Labute approximate surface area is 190 Å². The molecule has 3 rings (SSSR count). The summed E-state index contributed by atoms with van der Waals surface area (Å²) in [5.41, 5.74) is 3.71. The van der Waals surface area contributed by atoms with Crippen LogP contribution in [0.25, 0.3) is 22.2 Å². The van der Waals surface area contributed by atoms with Crippen molar-refractivity contribution in [3.8, 4) is 11.3 Å². The first-order chi connectivity index (χ1) is 15.2. The number of pyridine rings is 1. The van der Waals surface area contributed by atoms with Gasteiger partial charge in [-0.05, 0) is 37.5 Å². The molecular formula is C22H26ClFN6O2. The number of aliphatic hydroxyl groups is 1. The second-order valence-electron chi connectivity index (χ2n) is 7.68. The summed E-state index contributed by atoms with van der Waals surface area (Å²) in [5, 5.41) is 23.1. The van der Waals surface area contributed by atoms with E-state index in [9.17, 15) is 9.90 Å². The van der Waals surface area contributed by atoms with Crippen LogP contribution in [0.5, 0.6) is 0 Å². The average molecular weight is 461 g/mol. The molecule has 0 aliphatic heterocycles. The number of nitrogens with one attached hydrogen (secondary N) is 1. The Morgan fingerprint density at radius 2 is 2.09 bits per heavy atom. The van der Waals surface area contributed by atoms with Gasteiger partial charge in [-0.2, -0.15) is 10.2 Å². The molecule has 0 fully saturated rings. The SMILES string of the molecule is CCN(C=O)/C(CO)=N\N(C)c1cc2c(C(C)C)cc(-c3c(Cl)n[nH]c3C)nc2cc1F. The number of fused-ring (bicyclic) bond motifs is 1. The Morgan fingerprint density at radius 3 is 2.62 bits per heavy atom. The van der Waals surface area contributed by atoms with Gasteiger partial charge in [0, 0.05) is 30.7 Å². The van der Waals surface area contributed by atoms with E-state index >= 15 is 4.39 Å². The molecule has 2 heterocycles. The molecule has 10 heteroatoms. The molecule has 0 bridgehead atoms. The summed E-state index contributed by atoms with van der Waals surface area (Å²) in [5.74, 6) is -0.298. The highest BCUT2D eigenvalue weighted by molar-refractivity contribution is 6.32. The van der Waals surface area contributed by atoms with Crippen LogP contribution in [0.15, 0.2) is 23.3 Å². The van der Waals surface area contributed by atoms with E-state index in [4.69, 9.17) is 11.6 Å². The molecule has 32 heavy (non-hydrogen) atoms. The van der Waals surface area contributed by atoms with E-state index in [1.165, 1.54) is 16.0 Å². The summed E-state index contributed by atoms with van der Waals surface area (Å²) in [4.78, 5) is 17.1. The van der Waals surface area contributed by atoms with Gasteiger partial charge in [0.25, 0.3) is 0 Å². The van der Waals surface area contributed by atoms with Crippen molar-refractivity contribution in [2.75, 3.05) is 25.2 Å². The van der Waals surface area contributed by atoms with E-state index in [1.54, 1.807) is 20.0 Å². The van der Waals surface area contributed by atoms with Crippen molar-refractivity contribution in [1.82, 2.24) is 20.1 Å². The van der Waals surface area contributed by atoms with Crippen molar-refractivity contribution in [1.29, 1.82) is 0 Å². The van der Waals surface area contributed by atoms with Gasteiger partial charge in [-0.3, -0.25) is 19.8 Å². The highest BCUT2D eigenvalue weighted by atomic mass is 35.5. The van der Waals surface area contributed by atoms with Crippen molar-refractivity contribution >= 4 is 40.4 Å². The van der Waals surface area contributed by atoms with E-state index < -0.39 is 12.4 Å². The fourth-order valence-corrected chi connectivity index (χ4v) is 3.82. The van der Waals surface area contributed by atoms with Gasteiger partial charge in [0.1, 0.15) is 6.61 Å². The second-order valence-corrected chi connectivity index (χ2v) is 8.03. The van der Waals surface area contributed by atoms with Gasteiger partial charge >= 0.3 is 0 Å². The minimum Gasteiger partial charge on any atom is -0.388 e. The Morgan fingerprint density at radius 1 is 1.38 bits per heavy atom. The molecule has 170 valence electrons. The lowest BCUT2D eigenvalue weighted by atomic mass is 9.96. The highest BCUT2D eigenvalue weighted by Crippen LogP contribution is 2.35. The van der Waals surface area contributed by atoms with Crippen LogP contribution in [0.4, 0.5) is 10.1 Å². The number of amides is 1. The van der Waals surface area contributed by atoms with Crippen molar-refractivity contribution in [2.24, 2.45) is 5.10 Å². The number of halogens is 2. The number of amidine groups is 1. The van der Waals surface area contributed by atoms with E-state index in [0.717, 1.165) is 16.6 Å². The highest BCUT2D eigenvalue weighted by Gasteiger charge is 2.19. The maximum Gasteiger partial charge on any atom is 0.215 e. The second kappa shape index (κ2) is 9.62. The molecule has 2 N–H and O–H groups in total. The number of hydrogen-bond acceptors (Lipinski definition) is 6. The van der Waals surface area contributed by atoms with Gasteiger partial charge in [-0.15, -0.1) is 0 Å². The zero-order valence-electron chi connectivity index (χ0n) is 18.6. The van der Waals surface area contributed by atoms with Crippen molar-refractivity contribution in [3.05, 3.63) is 40.4 Å². The third kappa shape index (κ3) is 4.44. The summed E-state index contributed by atoms with van der Waals surface area (Å²) < 4.78 is 15.1. The first-order valence-corrected chi connectivity index (χ1v) is 10.6. The van der Waals surface area contributed by atoms with Crippen molar-refractivity contribution in [3.63, 3.8) is 0 Å². The summed E-state index contributed by atoms with van der Waals surface area (Å²) in [6.45, 7) is 7.56. The minimum atomic E-state index is -0.537. The molecule has 1 amide bonds. The number of likely N-dealkylation sites (N-methyl/N-ethyl adjacent to an activating group) is 1. The van der Waals surface area contributed by atoms with Gasteiger partial charge in [-0.1, -0.05) is 25.4 Å². The van der Waals surface area contributed by atoms with E-state index in [2.05, 4.69) is 20.3 Å². The van der Waals surface area contributed by atoms with Crippen LogP contribution < -0.4 is 5.01 Å². The van der Waals surface area contributed by atoms with Crippen LogP contribution in [0, 0.1) is 12.7 Å². The quantitative estimate of drug-likeness (QED) is 0.240. The predicted octanol–water partition coefficient (Wildman–Crippen LogP) is 4.07. The summed E-state index contributed by atoms with van der Waals surface area (Å²) >= 11 is 6.25. The summed E-state index contributed by atoms with van der Waals surface area (Å²) in [6.07, 6.45) is 0.574. The number of carbonyl (C=O) groups is 1. The first-order valence-electron chi connectivity index (χ1n) is 10.2. The van der Waals surface area contributed by atoms with Crippen molar-refractivity contribution in [2.45, 2.75) is 33.6 Å². The number of rotatable bonds is 7. The normalized spacial score (nSPS) is 12.0. The Kier molecular flexibility index (Phi) is 7.10. The maximum absolute atomic E-state index is 15.1. The molecule has 0 unspecified atom stereocenters. The van der Waals surface area contributed by atoms with Crippen LogP contribution in [-0.4, -0.2) is 57.6 Å². The first kappa shape index (κ1) is 23.6. The number of anilines is 1. The predicted molar refractivity (Wildman–Crippen MR) is 124 cm³/mol. The van der Waals surface area contributed by atoms with E-state index in [-0.39, 0.29) is 17.4 Å². The fraction of sp³-hybridized carbons (Fsp3) is 0.364. The van der Waals surface area contributed by atoms with Gasteiger partial charge < -0.3 is 5.11 Å². The fourth-order valence-electron chi connectivity index (χ4n) is 3.54. The smallest absolute Gasteiger partial charge is 0.215 e. The minimum absolute atomic E-state index is 0.118. The number of benzene rings is 1. The molecule has 0 saturated carbocycles. The number of aryl methyl sites for hydroxylation is 1. The largest absolute Gasteiger partial charge is 0.388 e. The number of aromatic amines is 1. The van der Waals surface area contributed by atoms with Crippen molar-refractivity contribution < 1.29 is 14.3 Å². The number of nitrogens with zero attached hydrogens (tertiary/aromatic N) is 5. The monoisotopic (exact) mass is 460 g/mol. The Hall–Kier alpha value is -3.04. The molecule has 0 radical (unpaired) electrons. The molecule has 3 aromatic rings. The molecule has 8 nitrogen and oxygen atoms in total. The molecule has 0 atom stereocenters. The van der Waals surface area contributed by atoms with Crippen LogP contribution in [0.1, 0.15) is 37.9 Å². The molecule has 1 aromatic carbocycles. The van der Waals surface area contributed by atoms with Gasteiger partial charge in [0.05, 0.1) is 22.5 Å². The van der Waals surface area contributed by atoms with Crippen LogP contribution in [0.3, 0.4) is 0 Å². The van der Waals surface area contributed by atoms with E-state index in [1.807, 2.05) is 26.8 Å². The lowest BCUT2D eigenvalue weighted by molar-refractivity contribution is -0.114. The number of hydrogen-bond donors (Lipinski definition) is 2. The van der Waals surface area contributed by atoms with Gasteiger partial charge in [-0.25, -0.2) is 9.37 Å². The molecular weight excluding hydrogens is 435 g/mol. The Balaban J connectivity index is 2.18. The lowest BCUT2D eigenvalue weighted by Crippen LogP contribution is -2.34. The third-order valence-corrected chi connectivity index (χ3v) is 5.52. The number of carbonyl (C=O) groups excluding carboxylic acids is 1. The van der Waals surface area contributed by atoms with Crippen LogP contribution >= 0.6 is 11.6 Å². The summed E-state index contributed by atoms with van der Waals surface area (Å²) in [6, 6.07) is 4.97. The van der Waals surface area contributed by atoms with E-state index in [0.29, 0.717) is 34.9 Å². The average Bonchev–Trinajstić information content (AvgIpc) is 3.10.